The largest absolute Gasteiger partial charge is 0.340 e. The lowest BCUT2D eigenvalue weighted by Crippen LogP contribution is -2.54. The van der Waals surface area contributed by atoms with Crippen LogP contribution in [-0.2, 0) is 14.8 Å². The Morgan fingerprint density at radius 3 is 2.11 bits per heavy atom. The van der Waals surface area contributed by atoms with Crippen LogP contribution in [0.25, 0.3) is 0 Å². The average Bonchev–Trinajstić information content (AvgIpc) is 2.68. The molecule has 1 amide bonds. The highest BCUT2D eigenvalue weighted by atomic mass is 32.2. The number of benzene rings is 1. The lowest BCUT2D eigenvalue weighted by molar-refractivity contribution is -0.139. The van der Waals surface area contributed by atoms with Gasteiger partial charge in [0, 0.05) is 44.2 Å². The first-order chi connectivity index (χ1) is 13.5. The zero-order chi connectivity index (χ0) is 19.6. The highest BCUT2D eigenvalue weighted by Crippen LogP contribution is 2.29. The van der Waals surface area contributed by atoms with E-state index in [0.717, 1.165) is 57.9 Å². The van der Waals surface area contributed by atoms with Crippen molar-refractivity contribution in [1.29, 1.82) is 0 Å². The van der Waals surface area contributed by atoms with Gasteiger partial charge in [0.1, 0.15) is 0 Å². The average molecular weight is 406 g/mol. The van der Waals surface area contributed by atoms with E-state index in [-0.39, 0.29) is 17.9 Å². The minimum absolute atomic E-state index is 0.0488. The molecule has 7 heteroatoms. The van der Waals surface area contributed by atoms with Gasteiger partial charge in [-0.05, 0) is 50.7 Å². The molecular formula is C21H31N3O3S. The first-order valence-corrected chi connectivity index (χ1v) is 12.1. The Bertz CT molecular complexity index is 763. The molecule has 1 N–H and O–H groups in total. The predicted molar refractivity (Wildman–Crippen MR) is 108 cm³/mol. The van der Waals surface area contributed by atoms with E-state index in [9.17, 15) is 13.2 Å². The maximum absolute atomic E-state index is 12.9. The Morgan fingerprint density at radius 2 is 1.54 bits per heavy atom. The van der Waals surface area contributed by atoms with Crippen LogP contribution in [0.5, 0.6) is 0 Å². The number of amides is 1. The summed E-state index contributed by atoms with van der Waals surface area (Å²) >= 11 is 0. The number of nitrogens with one attached hydrogen (secondary N) is 1. The van der Waals surface area contributed by atoms with E-state index in [4.69, 9.17) is 0 Å². The molecule has 1 saturated heterocycles. The van der Waals surface area contributed by atoms with Gasteiger partial charge in [0.25, 0.3) is 0 Å². The molecule has 3 aliphatic rings. The van der Waals surface area contributed by atoms with Gasteiger partial charge in [-0.3, -0.25) is 9.69 Å². The van der Waals surface area contributed by atoms with Crippen LogP contribution in [-0.4, -0.2) is 62.4 Å². The number of sulfonamides is 1. The molecule has 6 nitrogen and oxygen atoms in total. The van der Waals surface area contributed by atoms with Crippen LogP contribution in [0.1, 0.15) is 44.9 Å². The smallest absolute Gasteiger partial charge is 0.240 e. The Kier molecular flexibility index (Phi) is 6.04. The normalized spacial score (nSPS) is 27.4. The fraction of sp³-hybridized carbons (Fsp3) is 0.667. The van der Waals surface area contributed by atoms with Crippen LogP contribution in [0.2, 0.25) is 0 Å². The van der Waals surface area contributed by atoms with Crippen LogP contribution in [0.3, 0.4) is 0 Å². The number of carbonyl (C=O) groups excluding carboxylic acids is 1. The van der Waals surface area contributed by atoms with Crippen LogP contribution < -0.4 is 4.72 Å². The molecule has 4 rings (SSSR count). The predicted octanol–water partition coefficient (Wildman–Crippen LogP) is 2.22. The molecule has 154 valence electrons. The van der Waals surface area contributed by atoms with E-state index in [2.05, 4.69) is 9.62 Å². The first-order valence-electron chi connectivity index (χ1n) is 10.6. The summed E-state index contributed by atoms with van der Waals surface area (Å²) in [5, 5.41) is 0. The molecular weight excluding hydrogens is 374 g/mol. The third kappa shape index (κ3) is 4.42. The van der Waals surface area contributed by atoms with Crippen molar-refractivity contribution in [1.82, 2.24) is 14.5 Å². The summed E-state index contributed by atoms with van der Waals surface area (Å²) in [6.45, 7) is 3.69. The second-order valence-corrected chi connectivity index (χ2v) is 10.1. The van der Waals surface area contributed by atoms with E-state index in [1.165, 1.54) is 19.3 Å². The third-order valence-corrected chi connectivity index (χ3v) is 8.21. The summed E-state index contributed by atoms with van der Waals surface area (Å²) in [4.78, 5) is 17.8. The maximum atomic E-state index is 12.9. The summed E-state index contributed by atoms with van der Waals surface area (Å²) < 4.78 is 27.8. The van der Waals surface area contributed by atoms with Crippen LogP contribution in [0.15, 0.2) is 35.2 Å². The fourth-order valence-corrected chi connectivity index (χ4v) is 5.99. The van der Waals surface area contributed by atoms with Crippen LogP contribution >= 0.6 is 0 Å². The number of nitrogens with zero attached hydrogens (tertiary/aromatic N) is 2. The van der Waals surface area contributed by atoms with Gasteiger partial charge in [-0.25, -0.2) is 13.1 Å². The summed E-state index contributed by atoms with van der Waals surface area (Å²) in [6, 6.07) is 9.17. The summed E-state index contributed by atoms with van der Waals surface area (Å²) in [6.07, 6.45) is 6.97. The zero-order valence-electron chi connectivity index (χ0n) is 16.4. The van der Waals surface area contributed by atoms with Crippen molar-refractivity contribution >= 4 is 15.9 Å². The van der Waals surface area contributed by atoms with Crippen molar-refractivity contribution in [2.45, 2.75) is 61.9 Å². The molecule has 0 radical (unpaired) electrons. The Hall–Kier alpha value is -1.44. The Labute approximate surface area is 168 Å². The third-order valence-electron chi connectivity index (χ3n) is 6.67. The molecule has 0 spiro atoms. The molecule has 0 unspecified atom stereocenters. The van der Waals surface area contributed by atoms with Crippen LogP contribution in [0.4, 0.5) is 0 Å². The molecule has 1 aromatic rings. The van der Waals surface area contributed by atoms with Crippen molar-refractivity contribution in [2.75, 3.05) is 26.2 Å². The fourth-order valence-electron chi connectivity index (χ4n) is 4.66. The van der Waals surface area contributed by atoms with Gasteiger partial charge in [0.15, 0.2) is 0 Å². The lowest BCUT2D eigenvalue weighted by atomic mass is 9.85. The molecule has 1 heterocycles. The number of rotatable bonds is 5. The SMILES string of the molecule is O=C(C1CCC(NS(=O)(=O)c2ccccc2)CC1)N1CCN(C2CCC2)CC1. The molecule has 0 atom stereocenters. The van der Waals surface area contributed by atoms with Crippen molar-refractivity contribution in [2.24, 2.45) is 5.92 Å². The van der Waals surface area contributed by atoms with E-state index >= 15 is 0 Å². The molecule has 0 aromatic heterocycles. The second-order valence-electron chi connectivity index (χ2n) is 8.43. The molecule has 2 saturated carbocycles. The Morgan fingerprint density at radius 1 is 0.893 bits per heavy atom. The standard InChI is InChI=1S/C21H31N3O3S/c25-21(24-15-13-23(14-16-24)19-5-4-6-19)17-9-11-18(12-10-17)22-28(26,27)20-7-2-1-3-8-20/h1-3,7-8,17-19,22H,4-6,9-16H2. The maximum Gasteiger partial charge on any atom is 0.240 e. The number of hydrogen-bond donors (Lipinski definition) is 1. The van der Waals surface area contributed by atoms with Crippen LogP contribution in [0, 0.1) is 5.92 Å². The van der Waals surface area contributed by atoms with E-state index in [1.807, 2.05) is 11.0 Å². The van der Waals surface area contributed by atoms with Gasteiger partial charge in [-0.1, -0.05) is 24.6 Å². The topological polar surface area (TPSA) is 69.7 Å². The number of piperazine rings is 1. The van der Waals surface area contributed by atoms with Crippen molar-refractivity contribution in [3.63, 3.8) is 0 Å². The zero-order valence-corrected chi connectivity index (χ0v) is 17.2. The summed E-state index contributed by atoms with van der Waals surface area (Å²) in [5.74, 6) is 0.324. The molecule has 28 heavy (non-hydrogen) atoms. The highest BCUT2D eigenvalue weighted by molar-refractivity contribution is 7.89. The Balaban J connectivity index is 1.24. The lowest BCUT2D eigenvalue weighted by Gasteiger charge is -2.44. The molecule has 1 aliphatic heterocycles. The van der Waals surface area contributed by atoms with E-state index < -0.39 is 10.0 Å². The van der Waals surface area contributed by atoms with Crippen molar-refractivity contribution < 1.29 is 13.2 Å². The molecule has 1 aromatic carbocycles. The minimum atomic E-state index is -3.48. The van der Waals surface area contributed by atoms with Gasteiger partial charge in [-0.15, -0.1) is 0 Å². The van der Waals surface area contributed by atoms with Gasteiger partial charge in [0.2, 0.25) is 15.9 Å². The van der Waals surface area contributed by atoms with E-state index in [0.29, 0.717) is 4.90 Å². The first kappa shape index (κ1) is 19.9. The summed E-state index contributed by atoms with van der Waals surface area (Å²) in [7, 11) is -3.48. The summed E-state index contributed by atoms with van der Waals surface area (Å²) in [5.41, 5.74) is 0. The molecule has 0 bridgehead atoms. The second kappa shape index (κ2) is 8.51. The van der Waals surface area contributed by atoms with Gasteiger partial charge in [0.05, 0.1) is 4.90 Å². The van der Waals surface area contributed by atoms with Crippen molar-refractivity contribution in [3.05, 3.63) is 30.3 Å². The minimum Gasteiger partial charge on any atom is -0.340 e. The monoisotopic (exact) mass is 405 g/mol. The van der Waals surface area contributed by atoms with Crippen molar-refractivity contribution in [3.8, 4) is 0 Å². The quantitative estimate of drug-likeness (QED) is 0.816. The van der Waals surface area contributed by atoms with Gasteiger partial charge in [-0.2, -0.15) is 0 Å². The number of hydrogen-bond acceptors (Lipinski definition) is 4. The van der Waals surface area contributed by atoms with E-state index in [1.54, 1.807) is 24.3 Å². The highest BCUT2D eigenvalue weighted by Gasteiger charge is 2.34. The van der Waals surface area contributed by atoms with Gasteiger partial charge < -0.3 is 4.90 Å². The number of carbonyl (C=O) groups is 1. The molecule has 2 aliphatic carbocycles. The molecule has 3 fully saturated rings. The van der Waals surface area contributed by atoms with Gasteiger partial charge >= 0.3 is 0 Å².